The smallest absolute Gasteiger partial charge is 0.256 e. The first kappa shape index (κ1) is 16.0. The highest BCUT2D eigenvalue weighted by molar-refractivity contribution is 9.10. The highest BCUT2D eigenvalue weighted by atomic mass is 79.9. The molecule has 4 rings (SSSR count). The predicted molar refractivity (Wildman–Crippen MR) is 107 cm³/mol. The van der Waals surface area contributed by atoms with Crippen molar-refractivity contribution in [2.45, 2.75) is 0 Å². The van der Waals surface area contributed by atoms with E-state index in [4.69, 9.17) is 4.98 Å². The summed E-state index contributed by atoms with van der Waals surface area (Å²) in [5.74, 6) is -0.152. The Hall–Kier alpha value is -2.50. The van der Waals surface area contributed by atoms with E-state index >= 15 is 0 Å². The first-order chi connectivity index (χ1) is 12.2. The van der Waals surface area contributed by atoms with Crippen molar-refractivity contribution in [3.05, 3.63) is 82.8 Å². The van der Waals surface area contributed by atoms with Gasteiger partial charge < -0.3 is 5.32 Å². The summed E-state index contributed by atoms with van der Waals surface area (Å²) in [5.41, 5.74) is 3.24. The summed E-state index contributed by atoms with van der Waals surface area (Å²) in [4.78, 5) is 17.3. The van der Waals surface area contributed by atoms with E-state index in [1.165, 1.54) is 0 Å². The van der Waals surface area contributed by atoms with E-state index in [1.807, 2.05) is 60.7 Å². The van der Waals surface area contributed by atoms with Crippen LogP contribution in [-0.4, -0.2) is 10.9 Å². The van der Waals surface area contributed by atoms with Gasteiger partial charge in [-0.05, 0) is 52.3 Å². The van der Waals surface area contributed by atoms with Crippen molar-refractivity contribution in [3.8, 4) is 10.6 Å². The molecule has 0 atom stereocenters. The lowest BCUT2D eigenvalue weighted by Crippen LogP contribution is -2.13. The maximum Gasteiger partial charge on any atom is 0.256 e. The molecule has 1 amide bonds. The SMILES string of the molecule is O=C(Nc1ccccc1-c1nc2ccccc2s1)c1ccccc1Br. The van der Waals surface area contributed by atoms with E-state index in [-0.39, 0.29) is 5.91 Å². The maximum absolute atomic E-state index is 12.6. The van der Waals surface area contributed by atoms with Gasteiger partial charge in [0.25, 0.3) is 5.91 Å². The Morgan fingerprint density at radius 2 is 1.64 bits per heavy atom. The van der Waals surface area contributed by atoms with Gasteiger partial charge in [-0.1, -0.05) is 36.4 Å². The lowest BCUT2D eigenvalue weighted by molar-refractivity contribution is 0.102. The predicted octanol–water partition coefficient (Wildman–Crippen LogP) is 5.98. The number of para-hydroxylation sites is 2. The molecule has 0 saturated heterocycles. The second-order valence-corrected chi connectivity index (χ2v) is 7.35. The monoisotopic (exact) mass is 408 g/mol. The number of rotatable bonds is 3. The van der Waals surface area contributed by atoms with Crippen LogP contribution in [0.15, 0.2) is 77.3 Å². The Morgan fingerprint density at radius 1 is 0.920 bits per heavy atom. The zero-order chi connectivity index (χ0) is 17.2. The van der Waals surface area contributed by atoms with E-state index in [9.17, 15) is 4.79 Å². The minimum Gasteiger partial charge on any atom is -0.321 e. The van der Waals surface area contributed by atoms with E-state index in [0.29, 0.717) is 5.56 Å². The van der Waals surface area contributed by atoms with Crippen LogP contribution in [0.5, 0.6) is 0 Å². The molecule has 0 radical (unpaired) electrons. The van der Waals surface area contributed by atoms with Crippen LogP contribution in [0.1, 0.15) is 10.4 Å². The van der Waals surface area contributed by atoms with Crippen molar-refractivity contribution in [2.24, 2.45) is 0 Å². The van der Waals surface area contributed by atoms with Crippen molar-refractivity contribution in [1.82, 2.24) is 4.98 Å². The number of fused-ring (bicyclic) bond motifs is 1. The summed E-state index contributed by atoms with van der Waals surface area (Å²) in [7, 11) is 0. The van der Waals surface area contributed by atoms with Crippen molar-refractivity contribution < 1.29 is 4.79 Å². The number of halogens is 1. The molecule has 0 aliphatic carbocycles. The Morgan fingerprint density at radius 3 is 2.48 bits per heavy atom. The third kappa shape index (κ3) is 3.21. The largest absolute Gasteiger partial charge is 0.321 e. The van der Waals surface area contributed by atoms with Crippen LogP contribution in [0.2, 0.25) is 0 Å². The second-order valence-electron chi connectivity index (χ2n) is 5.47. The normalized spacial score (nSPS) is 10.8. The van der Waals surface area contributed by atoms with Crippen LogP contribution in [-0.2, 0) is 0 Å². The van der Waals surface area contributed by atoms with Crippen molar-refractivity contribution in [1.29, 1.82) is 0 Å². The number of carbonyl (C=O) groups excluding carboxylic acids is 1. The highest BCUT2D eigenvalue weighted by Gasteiger charge is 2.14. The fourth-order valence-corrected chi connectivity index (χ4v) is 4.07. The fourth-order valence-electron chi connectivity index (χ4n) is 2.60. The minimum atomic E-state index is -0.152. The lowest BCUT2D eigenvalue weighted by atomic mass is 10.1. The molecule has 122 valence electrons. The average Bonchev–Trinajstić information content (AvgIpc) is 3.06. The molecule has 5 heteroatoms. The fraction of sp³-hybridized carbons (Fsp3) is 0. The number of benzene rings is 3. The highest BCUT2D eigenvalue weighted by Crippen LogP contribution is 2.34. The summed E-state index contributed by atoms with van der Waals surface area (Å²) in [6, 6.07) is 23.2. The summed E-state index contributed by atoms with van der Waals surface area (Å²) >= 11 is 5.04. The molecule has 0 saturated carbocycles. The number of nitrogens with one attached hydrogen (secondary N) is 1. The molecule has 3 aromatic carbocycles. The summed E-state index contributed by atoms with van der Waals surface area (Å²) in [5, 5.41) is 3.90. The molecular weight excluding hydrogens is 396 g/mol. The zero-order valence-electron chi connectivity index (χ0n) is 13.1. The summed E-state index contributed by atoms with van der Waals surface area (Å²) < 4.78 is 1.90. The number of carbonyl (C=O) groups is 1. The first-order valence-electron chi connectivity index (χ1n) is 7.73. The molecule has 1 N–H and O–H groups in total. The number of thiazole rings is 1. The number of nitrogens with zero attached hydrogens (tertiary/aromatic N) is 1. The summed E-state index contributed by atoms with van der Waals surface area (Å²) in [6.07, 6.45) is 0. The Labute approximate surface area is 157 Å². The van der Waals surface area contributed by atoms with Crippen molar-refractivity contribution >= 4 is 49.1 Å². The average molecular weight is 409 g/mol. The zero-order valence-corrected chi connectivity index (χ0v) is 15.5. The van der Waals surface area contributed by atoms with Crippen LogP contribution in [0.4, 0.5) is 5.69 Å². The van der Waals surface area contributed by atoms with Gasteiger partial charge in [0.2, 0.25) is 0 Å². The van der Waals surface area contributed by atoms with E-state index in [2.05, 4.69) is 27.3 Å². The lowest BCUT2D eigenvalue weighted by Gasteiger charge is -2.10. The molecule has 25 heavy (non-hydrogen) atoms. The molecular formula is C20H13BrN2OS. The van der Waals surface area contributed by atoms with E-state index < -0.39 is 0 Å². The van der Waals surface area contributed by atoms with Crippen LogP contribution in [0.25, 0.3) is 20.8 Å². The van der Waals surface area contributed by atoms with Crippen LogP contribution < -0.4 is 5.32 Å². The topological polar surface area (TPSA) is 42.0 Å². The molecule has 1 aromatic heterocycles. The minimum absolute atomic E-state index is 0.152. The van der Waals surface area contributed by atoms with Gasteiger partial charge in [-0.15, -0.1) is 11.3 Å². The second kappa shape index (κ2) is 6.78. The van der Waals surface area contributed by atoms with Gasteiger partial charge >= 0.3 is 0 Å². The maximum atomic E-state index is 12.6. The Bertz CT molecular complexity index is 1040. The van der Waals surface area contributed by atoms with Crippen LogP contribution in [0, 0.1) is 0 Å². The van der Waals surface area contributed by atoms with Crippen molar-refractivity contribution in [2.75, 3.05) is 5.32 Å². The molecule has 0 unspecified atom stereocenters. The number of hydrogen-bond acceptors (Lipinski definition) is 3. The first-order valence-corrected chi connectivity index (χ1v) is 9.34. The Balaban J connectivity index is 1.72. The number of amides is 1. The molecule has 0 spiro atoms. The molecule has 0 bridgehead atoms. The number of aromatic nitrogens is 1. The van der Waals surface area contributed by atoms with E-state index in [1.54, 1.807) is 17.4 Å². The third-order valence-corrected chi connectivity index (χ3v) is 5.58. The molecule has 4 aromatic rings. The molecule has 3 nitrogen and oxygen atoms in total. The van der Waals surface area contributed by atoms with Gasteiger partial charge in [0.1, 0.15) is 5.01 Å². The van der Waals surface area contributed by atoms with Crippen LogP contribution in [0.3, 0.4) is 0 Å². The van der Waals surface area contributed by atoms with Gasteiger partial charge in [0, 0.05) is 10.0 Å². The van der Waals surface area contributed by atoms with Gasteiger partial charge in [-0.3, -0.25) is 4.79 Å². The molecule has 0 fully saturated rings. The quantitative estimate of drug-likeness (QED) is 0.453. The molecule has 0 aliphatic rings. The number of anilines is 1. The van der Waals surface area contributed by atoms with Crippen LogP contribution >= 0.6 is 27.3 Å². The van der Waals surface area contributed by atoms with Gasteiger partial charge in [-0.25, -0.2) is 4.98 Å². The van der Waals surface area contributed by atoms with Crippen molar-refractivity contribution in [3.63, 3.8) is 0 Å². The molecule has 0 aliphatic heterocycles. The van der Waals surface area contributed by atoms with E-state index in [0.717, 1.165) is 30.9 Å². The Kier molecular flexibility index (Phi) is 4.34. The standard InChI is InChI=1S/C20H13BrN2OS/c21-15-9-3-1-7-13(15)19(24)22-16-10-4-2-8-14(16)20-23-17-11-5-6-12-18(17)25-20/h1-12H,(H,22,24). The summed E-state index contributed by atoms with van der Waals surface area (Å²) in [6.45, 7) is 0. The third-order valence-electron chi connectivity index (χ3n) is 3.82. The molecule has 1 heterocycles. The van der Waals surface area contributed by atoms with Gasteiger partial charge in [0.05, 0.1) is 21.5 Å². The number of hydrogen-bond donors (Lipinski definition) is 1. The van der Waals surface area contributed by atoms with Gasteiger partial charge in [0.15, 0.2) is 0 Å². The van der Waals surface area contributed by atoms with Gasteiger partial charge in [-0.2, -0.15) is 0 Å².